The molecule has 3 aromatic rings. The molecule has 2 aliphatic heterocycles. The SMILES string of the molecule is O=C(NCc1ccc2c(c1)OCO2)c1cc2cc(C3(O)CCN(CC4CC=CCC4)CC3)ccc2o1. The van der Waals surface area contributed by atoms with E-state index >= 15 is 0 Å². The number of likely N-dealkylation sites (tertiary alicyclic amines) is 1. The third-order valence-electron chi connectivity index (χ3n) is 7.74. The van der Waals surface area contributed by atoms with Crippen LogP contribution < -0.4 is 14.8 Å². The van der Waals surface area contributed by atoms with Crippen molar-refractivity contribution in [2.45, 2.75) is 44.2 Å². The van der Waals surface area contributed by atoms with Crippen molar-refractivity contribution in [3.8, 4) is 11.5 Å². The minimum atomic E-state index is -0.851. The second kappa shape index (κ2) is 9.64. The van der Waals surface area contributed by atoms with Crippen LogP contribution in [-0.4, -0.2) is 42.3 Å². The molecule has 3 heterocycles. The van der Waals surface area contributed by atoms with Crippen LogP contribution in [0.15, 0.2) is 59.0 Å². The summed E-state index contributed by atoms with van der Waals surface area (Å²) < 4.78 is 16.5. The molecule has 1 unspecified atom stereocenters. The van der Waals surface area contributed by atoms with Gasteiger partial charge in [0.1, 0.15) is 5.58 Å². The third-order valence-corrected chi connectivity index (χ3v) is 7.74. The second-order valence-electron chi connectivity index (χ2n) is 10.2. The second-order valence-corrected chi connectivity index (χ2v) is 10.2. The van der Waals surface area contributed by atoms with Crippen molar-refractivity contribution in [3.63, 3.8) is 0 Å². The minimum Gasteiger partial charge on any atom is -0.454 e. The molecule has 2 N–H and O–H groups in total. The molecule has 1 saturated heterocycles. The van der Waals surface area contributed by atoms with Gasteiger partial charge in [0.2, 0.25) is 6.79 Å². The lowest BCUT2D eigenvalue weighted by Crippen LogP contribution is -2.44. The minimum absolute atomic E-state index is 0.220. The predicted molar refractivity (Wildman–Crippen MR) is 136 cm³/mol. The smallest absolute Gasteiger partial charge is 0.287 e. The highest BCUT2D eigenvalue weighted by molar-refractivity contribution is 5.96. The molecule has 7 heteroatoms. The Bertz CT molecular complexity index is 1290. The number of nitrogens with zero attached hydrogens (tertiary/aromatic N) is 1. The Morgan fingerprint density at radius 3 is 2.75 bits per heavy atom. The fourth-order valence-electron chi connectivity index (χ4n) is 5.55. The van der Waals surface area contributed by atoms with E-state index in [1.165, 1.54) is 19.3 Å². The van der Waals surface area contributed by atoms with Gasteiger partial charge in [0, 0.05) is 31.6 Å². The van der Waals surface area contributed by atoms with Gasteiger partial charge in [-0.2, -0.15) is 0 Å². The van der Waals surface area contributed by atoms with E-state index < -0.39 is 5.60 Å². The first kappa shape index (κ1) is 23.1. The molecule has 36 heavy (non-hydrogen) atoms. The Kier molecular flexibility index (Phi) is 6.19. The fourth-order valence-corrected chi connectivity index (χ4v) is 5.55. The summed E-state index contributed by atoms with van der Waals surface area (Å²) in [5, 5.41) is 15.2. The van der Waals surface area contributed by atoms with Crippen LogP contribution in [-0.2, 0) is 12.1 Å². The number of hydrogen-bond donors (Lipinski definition) is 2. The highest BCUT2D eigenvalue weighted by Gasteiger charge is 2.35. The van der Waals surface area contributed by atoms with Crippen LogP contribution in [0.3, 0.4) is 0 Å². The van der Waals surface area contributed by atoms with E-state index in [0.717, 1.165) is 42.1 Å². The maximum absolute atomic E-state index is 12.8. The number of aliphatic hydroxyl groups is 1. The zero-order valence-electron chi connectivity index (χ0n) is 20.4. The number of carbonyl (C=O) groups is 1. The topological polar surface area (TPSA) is 84.2 Å². The first-order chi connectivity index (χ1) is 17.6. The van der Waals surface area contributed by atoms with Crippen LogP contribution in [0.4, 0.5) is 0 Å². The van der Waals surface area contributed by atoms with Crippen molar-refractivity contribution >= 4 is 16.9 Å². The van der Waals surface area contributed by atoms with Gasteiger partial charge in [-0.05, 0) is 79.5 Å². The predicted octanol–water partition coefficient (Wildman–Crippen LogP) is 4.73. The molecule has 1 aliphatic carbocycles. The quantitative estimate of drug-likeness (QED) is 0.488. The number of hydrogen-bond acceptors (Lipinski definition) is 6. The van der Waals surface area contributed by atoms with Crippen molar-refractivity contribution in [2.75, 3.05) is 26.4 Å². The zero-order valence-corrected chi connectivity index (χ0v) is 20.4. The van der Waals surface area contributed by atoms with E-state index in [1.54, 1.807) is 6.07 Å². The number of allylic oxidation sites excluding steroid dienone is 2. The fraction of sp³-hybridized carbons (Fsp3) is 0.414. The summed E-state index contributed by atoms with van der Waals surface area (Å²) in [5.41, 5.74) is 1.59. The molecule has 1 atom stereocenters. The maximum atomic E-state index is 12.8. The molecule has 0 bridgehead atoms. The highest BCUT2D eigenvalue weighted by atomic mass is 16.7. The van der Waals surface area contributed by atoms with Gasteiger partial charge in [-0.3, -0.25) is 4.79 Å². The molecule has 188 valence electrons. The average Bonchev–Trinajstić information content (AvgIpc) is 3.55. The Balaban J connectivity index is 1.09. The van der Waals surface area contributed by atoms with Crippen molar-refractivity contribution in [1.29, 1.82) is 0 Å². The summed E-state index contributed by atoms with van der Waals surface area (Å²) in [6.45, 7) is 3.48. The van der Waals surface area contributed by atoms with E-state index in [9.17, 15) is 9.90 Å². The number of rotatable bonds is 6. The van der Waals surface area contributed by atoms with Crippen molar-refractivity contribution in [3.05, 3.63) is 71.5 Å². The average molecular weight is 489 g/mol. The standard InChI is InChI=1S/C29H32N2O5/c32-28(30-17-21-6-8-25-26(14-21)35-19-34-25)27-16-22-15-23(7-9-24(22)36-27)29(33)10-12-31(13-11-29)18-20-4-2-1-3-5-20/h1-2,6-9,14-16,20,33H,3-5,10-13,17-19H2,(H,30,32). The van der Waals surface area contributed by atoms with Crippen LogP contribution in [0.5, 0.6) is 11.5 Å². The summed E-state index contributed by atoms with van der Waals surface area (Å²) in [7, 11) is 0. The molecule has 6 rings (SSSR count). The summed E-state index contributed by atoms with van der Waals surface area (Å²) in [4.78, 5) is 15.2. The van der Waals surface area contributed by atoms with Gasteiger partial charge in [-0.1, -0.05) is 24.3 Å². The van der Waals surface area contributed by atoms with Crippen molar-refractivity contribution in [2.24, 2.45) is 5.92 Å². The molecule has 1 aromatic heterocycles. The number of piperidine rings is 1. The van der Waals surface area contributed by atoms with Crippen LogP contribution in [0.2, 0.25) is 0 Å². The van der Waals surface area contributed by atoms with Gasteiger partial charge in [-0.15, -0.1) is 0 Å². The molecule has 7 nitrogen and oxygen atoms in total. The summed E-state index contributed by atoms with van der Waals surface area (Å²) in [5.74, 6) is 2.11. The Morgan fingerprint density at radius 2 is 1.92 bits per heavy atom. The lowest BCUT2D eigenvalue weighted by atomic mass is 9.83. The van der Waals surface area contributed by atoms with E-state index in [4.69, 9.17) is 13.9 Å². The molecule has 1 fully saturated rings. The summed E-state index contributed by atoms with van der Waals surface area (Å²) in [6.07, 6.45) is 9.63. The van der Waals surface area contributed by atoms with Crippen LogP contribution in [0.25, 0.3) is 11.0 Å². The normalized spacial score (nSPS) is 21.1. The molecule has 3 aliphatic rings. The first-order valence-corrected chi connectivity index (χ1v) is 12.9. The highest BCUT2D eigenvalue weighted by Crippen LogP contribution is 2.36. The Labute approximate surface area is 210 Å². The van der Waals surface area contributed by atoms with E-state index in [1.807, 2.05) is 36.4 Å². The molecular formula is C29H32N2O5. The third kappa shape index (κ3) is 4.73. The van der Waals surface area contributed by atoms with Gasteiger partial charge >= 0.3 is 0 Å². The molecule has 0 saturated carbocycles. The Hall–Kier alpha value is -3.29. The Morgan fingerprint density at radius 1 is 1.06 bits per heavy atom. The van der Waals surface area contributed by atoms with Crippen LogP contribution in [0.1, 0.15) is 53.8 Å². The van der Waals surface area contributed by atoms with Gasteiger partial charge < -0.3 is 29.2 Å². The number of amides is 1. The number of fused-ring (bicyclic) bond motifs is 2. The van der Waals surface area contributed by atoms with Gasteiger partial charge in [0.05, 0.1) is 5.60 Å². The zero-order chi connectivity index (χ0) is 24.5. The number of nitrogens with one attached hydrogen (secondary N) is 1. The molecule has 2 aromatic carbocycles. The molecule has 0 radical (unpaired) electrons. The van der Waals surface area contributed by atoms with Crippen molar-refractivity contribution < 1.29 is 23.8 Å². The van der Waals surface area contributed by atoms with E-state index in [-0.39, 0.29) is 18.5 Å². The number of carbonyl (C=O) groups excluding carboxylic acids is 1. The van der Waals surface area contributed by atoms with Crippen LogP contribution in [0, 0.1) is 5.92 Å². The number of benzene rings is 2. The largest absolute Gasteiger partial charge is 0.454 e. The van der Waals surface area contributed by atoms with Gasteiger partial charge in [-0.25, -0.2) is 0 Å². The first-order valence-electron chi connectivity index (χ1n) is 12.9. The summed E-state index contributed by atoms with van der Waals surface area (Å²) >= 11 is 0. The molecular weight excluding hydrogens is 456 g/mol. The van der Waals surface area contributed by atoms with Gasteiger partial charge in [0.15, 0.2) is 17.3 Å². The number of ether oxygens (including phenoxy) is 2. The molecule has 1 amide bonds. The maximum Gasteiger partial charge on any atom is 0.287 e. The van der Waals surface area contributed by atoms with Gasteiger partial charge in [0.25, 0.3) is 5.91 Å². The van der Waals surface area contributed by atoms with Crippen molar-refractivity contribution in [1.82, 2.24) is 10.2 Å². The lowest BCUT2D eigenvalue weighted by molar-refractivity contribution is -0.0289. The van der Waals surface area contributed by atoms with Crippen LogP contribution >= 0.6 is 0 Å². The number of furan rings is 1. The lowest BCUT2D eigenvalue weighted by Gasteiger charge is -2.40. The monoisotopic (exact) mass is 488 g/mol. The van der Waals surface area contributed by atoms with E-state index in [0.29, 0.717) is 36.5 Å². The summed E-state index contributed by atoms with van der Waals surface area (Å²) in [6, 6.07) is 13.1. The molecule has 0 spiro atoms. The van der Waals surface area contributed by atoms with E-state index in [2.05, 4.69) is 22.4 Å².